The van der Waals surface area contributed by atoms with Crippen molar-refractivity contribution >= 4 is 5.91 Å². The van der Waals surface area contributed by atoms with E-state index in [1.165, 1.54) is 12.8 Å². The number of methoxy groups -OCH3 is 1. The average molecular weight is 240 g/mol. The zero-order valence-electron chi connectivity index (χ0n) is 10.6. The number of nitrogens with one attached hydrogen (secondary N) is 1. The second-order valence-electron chi connectivity index (χ2n) is 4.97. The van der Waals surface area contributed by atoms with Crippen LogP contribution in [0.4, 0.5) is 0 Å². The highest BCUT2D eigenvalue weighted by Crippen LogP contribution is 2.36. The lowest BCUT2D eigenvalue weighted by Gasteiger charge is -2.44. The Morgan fingerprint density at radius 1 is 1.59 bits per heavy atom. The van der Waals surface area contributed by atoms with E-state index >= 15 is 0 Å². The SMILES string of the molecule is COCCC(=O)N1C(C)[CH]NC(C2CC2)C1N. The van der Waals surface area contributed by atoms with Crippen molar-refractivity contribution in [2.75, 3.05) is 13.7 Å². The monoisotopic (exact) mass is 240 g/mol. The van der Waals surface area contributed by atoms with Crippen molar-refractivity contribution in [3.63, 3.8) is 0 Å². The first-order valence-corrected chi connectivity index (χ1v) is 6.30. The summed E-state index contributed by atoms with van der Waals surface area (Å²) in [6.45, 7) is 4.42. The molecule has 3 unspecified atom stereocenters. The fourth-order valence-corrected chi connectivity index (χ4v) is 2.46. The van der Waals surface area contributed by atoms with Gasteiger partial charge in [-0.1, -0.05) is 0 Å². The van der Waals surface area contributed by atoms with Gasteiger partial charge in [0.2, 0.25) is 5.91 Å². The van der Waals surface area contributed by atoms with Crippen molar-refractivity contribution < 1.29 is 9.53 Å². The number of hydrogen-bond acceptors (Lipinski definition) is 4. The number of carbonyl (C=O) groups is 1. The Morgan fingerprint density at radius 2 is 2.29 bits per heavy atom. The summed E-state index contributed by atoms with van der Waals surface area (Å²) < 4.78 is 4.95. The smallest absolute Gasteiger partial charge is 0.226 e. The number of rotatable bonds is 4. The van der Waals surface area contributed by atoms with Crippen LogP contribution in [0.1, 0.15) is 26.2 Å². The highest BCUT2D eigenvalue weighted by Gasteiger charge is 2.43. The van der Waals surface area contributed by atoms with Gasteiger partial charge in [-0.2, -0.15) is 0 Å². The minimum absolute atomic E-state index is 0.0457. The van der Waals surface area contributed by atoms with Gasteiger partial charge in [-0.3, -0.25) is 4.79 Å². The molecule has 5 nitrogen and oxygen atoms in total. The molecule has 1 aliphatic heterocycles. The first-order chi connectivity index (χ1) is 8.15. The Kier molecular flexibility index (Phi) is 4.01. The summed E-state index contributed by atoms with van der Waals surface area (Å²) in [5.41, 5.74) is 6.21. The van der Waals surface area contributed by atoms with Gasteiger partial charge < -0.3 is 20.7 Å². The fourth-order valence-electron chi connectivity index (χ4n) is 2.46. The molecule has 1 radical (unpaired) electrons. The molecular weight excluding hydrogens is 218 g/mol. The zero-order chi connectivity index (χ0) is 12.4. The standard InChI is InChI=1S/C12H22N3O2/c1-8-7-14-11(9-3-4-9)12(13)15(8)10(16)5-6-17-2/h7-9,11-12,14H,3-6,13H2,1-2H3. The summed E-state index contributed by atoms with van der Waals surface area (Å²) in [5.74, 6) is 0.710. The lowest BCUT2D eigenvalue weighted by atomic mass is 10.0. The molecule has 3 N–H and O–H groups in total. The molecule has 0 bridgehead atoms. The summed E-state index contributed by atoms with van der Waals surface area (Å²) in [6.07, 6.45) is 2.62. The molecule has 2 rings (SSSR count). The van der Waals surface area contributed by atoms with Crippen LogP contribution in [-0.4, -0.2) is 42.8 Å². The van der Waals surface area contributed by atoms with Gasteiger partial charge in [0.05, 0.1) is 19.2 Å². The number of piperazine rings is 1. The number of nitrogens with zero attached hydrogens (tertiary/aromatic N) is 1. The van der Waals surface area contributed by atoms with E-state index in [-0.39, 0.29) is 24.2 Å². The van der Waals surface area contributed by atoms with E-state index in [4.69, 9.17) is 10.5 Å². The average Bonchev–Trinajstić information content (AvgIpc) is 3.10. The third kappa shape index (κ3) is 2.78. The van der Waals surface area contributed by atoms with Gasteiger partial charge in [-0.25, -0.2) is 0 Å². The third-order valence-corrected chi connectivity index (χ3v) is 3.60. The van der Waals surface area contributed by atoms with E-state index in [1.807, 2.05) is 13.5 Å². The Morgan fingerprint density at radius 3 is 2.88 bits per heavy atom. The molecule has 1 saturated heterocycles. The molecule has 17 heavy (non-hydrogen) atoms. The minimum atomic E-state index is -0.216. The van der Waals surface area contributed by atoms with E-state index in [2.05, 4.69) is 5.32 Å². The largest absolute Gasteiger partial charge is 0.384 e. The Bertz CT molecular complexity index is 281. The summed E-state index contributed by atoms with van der Waals surface area (Å²) in [5, 5.41) is 3.35. The maximum Gasteiger partial charge on any atom is 0.226 e. The number of amides is 1. The highest BCUT2D eigenvalue weighted by molar-refractivity contribution is 5.77. The predicted octanol–water partition coefficient (Wildman–Crippen LogP) is 0.0684. The normalized spacial score (nSPS) is 33.8. The molecule has 5 heteroatoms. The summed E-state index contributed by atoms with van der Waals surface area (Å²) >= 11 is 0. The lowest BCUT2D eigenvalue weighted by Crippen LogP contribution is -2.65. The van der Waals surface area contributed by atoms with E-state index < -0.39 is 0 Å². The molecule has 1 amide bonds. The number of ether oxygens (including phenoxy) is 1. The van der Waals surface area contributed by atoms with E-state index in [0.29, 0.717) is 18.9 Å². The van der Waals surface area contributed by atoms with Gasteiger partial charge in [0.1, 0.15) is 0 Å². The molecule has 0 aromatic rings. The molecule has 0 spiro atoms. The van der Waals surface area contributed by atoms with Gasteiger partial charge in [0.15, 0.2) is 0 Å². The molecule has 2 aliphatic rings. The molecule has 97 valence electrons. The van der Waals surface area contributed by atoms with Gasteiger partial charge >= 0.3 is 0 Å². The van der Waals surface area contributed by atoms with Crippen LogP contribution in [0, 0.1) is 12.5 Å². The molecular formula is C12H22N3O2. The summed E-state index contributed by atoms with van der Waals surface area (Å²) in [4.78, 5) is 13.9. The second kappa shape index (κ2) is 5.33. The van der Waals surface area contributed by atoms with Crippen molar-refractivity contribution in [3.8, 4) is 0 Å². The fraction of sp³-hybridized carbons (Fsp3) is 0.833. The van der Waals surface area contributed by atoms with Crippen LogP contribution in [-0.2, 0) is 9.53 Å². The van der Waals surface area contributed by atoms with Gasteiger partial charge in [0, 0.05) is 25.7 Å². The van der Waals surface area contributed by atoms with Crippen LogP contribution in [0.25, 0.3) is 0 Å². The van der Waals surface area contributed by atoms with Crippen molar-refractivity contribution in [2.24, 2.45) is 11.7 Å². The Balaban J connectivity index is 1.98. The Labute approximate surface area is 103 Å². The van der Waals surface area contributed by atoms with Crippen molar-refractivity contribution in [3.05, 3.63) is 6.54 Å². The van der Waals surface area contributed by atoms with Crippen LogP contribution in [0.5, 0.6) is 0 Å². The summed E-state index contributed by atoms with van der Waals surface area (Å²) in [6, 6.07) is 0.266. The molecule has 2 fully saturated rings. The molecule has 1 aliphatic carbocycles. The van der Waals surface area contributed by atoms with Crippen LogP contribution in [0.15, 0.2) is 0 Å². The minimum Gasteiger partial charge on any atom is -0.384 e. The number of hydrogen-bond donors (Lipinski definition) is 2. The van der Waals surface area contributed by atoms with E-state index in [0.717, 1.165) is 0 Å². The molecule has 3 atom stereocenters. The van der Waals surface area contributed by atoms with E-state index in [1.54, 1.807) is 12.0 Å². The first kappa shape index (κ1) is 12.8. The van der Waals surface area contributed by atoms with Crippen molar-refractivity contribution in [1.29, 1.82) is 0 Å². The highest BCUT2D eigenvalue weighted by atomic mass is 16.5. The zero-order valence-corrected chi connectivity index (χ0v) is 10.6. The van der Waals surface area contributed by atoms with Crippen LogP contribution >= 0.6 is 0 Å². The molecule has 1 saturated carbocycles. The van der Waals surface area contributed by atoms with E-state index in [9.17, 15) is 4.79 Å². The lowest BCUT2D eigenvalue weighted by molar-refractivity contribution is -0.138. The maximum atomic E-state index is 12.1. The van der Waals surface area contributed by atoms with Crippen LogP contribution < -0.4 is 11.1 Å². The van der Waals surface area contributed by atoms with Gasteiger partial charge in [0.25, 0.3) is 0 Å². The third-order valence-electron chi connectivity index (χ3n) is 3.60. The Hall–Kier alpha value is -0.650. The first-order valence-electron chi connectivity index (χ1n) is 6.30. The van der Waals surface area contributed by atoms with Crippen LogP contribution in [0.3, 0.4) is 0 Å². The van der Waals surface area contributed by atoms with Crippen molar-refractivity contribution in [2.45, 2.75) is 44.4 Å². The second-order valence-corrected chi connectivity index (χ2v) is 4.97. The molecule has 0 aromatic carbocycles. The predicted molar refractivity (Wildman–Crippen MR) is 64.7 cm³/mol. The van der Waals surface area contributed by atoms with Gasteiger partial charge in [-0.05, 0) is 25.7 Å². The quantitative estimate of drug-likeness (QED) is 0.729. The van der Waals surface area contributed by atoms with Crippen LogP contribution in [0.2, 0.25) is 0 Å². The van der Waals surface area contributed by atoms with Gasteiger partial charge in [-0.15, -0.1) is 0 Å². The maximum absolute atomic E-state index is 12.1. The summed E-state index contributed by atoms with van der Waals surface area (Å²) in [7, 11) is 1.60. The topological polar surface area (TPSA) is 67.6 Å². The van der Waals surface area contributed by atoms with Crippen molar-refractivity contribution in [1.82, 2.24) is 10.2 Å². The number of carbonyl (C=O) groups excluding carboxylic acids is 1. The number of nitrogens with two attached hydrogens (primary N) is 1. The molecule has 0 aromatic heterocycles. The molecule has 1 heterocycles.